The zero-order valence-corrected chi connectivity index (χ0v) is 11.4. The van der Waals surface area contributed by atoms with E-state index in [1.807, 2.05) is 55.5 Å². The number of nitrogens with one attached hydrogen (secondary N) is 2. The first kappa shape index (κ1) is 13.7. The maximum absolute atomic E-state index is 5.81. The highest BCUT2D eigenvalue weighted by Crippen LogP contribution is 1.99. The molecule has 1 aromatic carbocycles. The molecule has 0 saturated carbocycles. The van der Waals surface area contributed by atoms with Gasteiger partial charge in [0.05, 0.1) is 11.4 Å². The lowest BCUT2D eigenvalue weighted by atomic mass is 10.1. The highest BCUT2D eigenvalue weighted by atomic mass is 15.4. The summed E-state index contributed by atoms with van der Waals surface area (Å²) in [5.74, 6) is 0.394. The molecule has 0 radical (unpaired) electrons. The lowest BCUT2D eigenvalue weighted by molar-refractivity contribution is -0.479. The van der Waals surface area contributed by atoms with Crippen molar-refractivity contribution in [2.45, 2.75) is 13.5 Å². The summed E-state index contributed by atoms with van der Waals surface area (Å²) in [6, 6.07) is 15.7. The van der Waals surface area contributed by atoms with Gasteiger partial charge >= 0.3 is 5.96 Å². The molecule has 20 heavy (non-hydrogen) atoms. The van der Waals surface area contributed by atoms with Gasteiger partial charge in [-0.15, -0.1) is 5.10 Å². The third-order valence-corrected chi connectivity index (χ3v) is 2.72. The molecule has 0 amide bonds. The summed E-state index contributed by atoms with van der Waals surface area (Å²) in [5.41, 5.74) is 11.4. The van der Waals surface area contributed by atoms with Crippen LogP contribution in [-0.4, -0.2) is 16.7 Å². The fourth-order valence-corrected chi connectivity index (χ4v) is 1.62. The summed E-state index contributed by atoms with van der Waals surface area (Å²) in [6.45, 7) is 2.48. The van der Waals surface area contributed by atoms with Gasteiger partial charge < -0.3 is 0 Å². The number of pyridine rings is 1. The molecule has 102 valence electrons. The summed E-state index contributed by atoms with van der Waals surface area (Å²) in [4.78, 5) is 7.22. The predicted molar refractivity (Wildman–Crippen MR) is 79.9 cm³/mol. The quantitative estimate of drug-likeness (QED) is 0.415. The van der Waals surface area contributed by atoms with Crippen LogP contribution in [0.1, 0.15) is 18.2 Å². The number of aromatic nitrogens is 1. The van der Waals surface area contributed by atoms with Crippen LogP contribution in [0.2, 0.25) is 0 Å². The van der Waals surface area contributed by atoms with Gasteiger partial charge in [-0.25, -0.2) is 0 Å². The van der Waals surface area contributed by atoms with Crippen molar-refractivity contribution in [3.8, 4) is 0 Å². The topological polar surface area (TPSA) is 77.3 Å². The van der Waals surface area contributed by atoms with Gasteiger partial charge in [0.25, 0.3) is 0 Å². The van der Waals surface area contributed by atoms with Gasteiger partial charge in [-0.05, 0) is 24.6 Å². The first-order chi connectivity index (χ1) is 9.75. The van der Waals surface area contributed by atoms with E-state index in [0.717, 1.165) is 17.0 Å². The molecule has 5 nitrogen and oxygen atoms in total. The molecule has 5 heteroatoms. The van der Waals surface area contributed by atoms with Crippen molar-refractivity contribution < 1.29 is 4.99 Å². The summed E-state index contributed by atoms with van der Waals surface area (Å²) in [5, 5.41) is 4.23. The minimum Gasteiger partial charge on any atom is -0.289 e. The van der Waals surface area contributed by atoms with Gasteiger partial charge in [-0.3, -0.25) is 15.7 Å². The second-order valence-corrected chi connectivity index (χ2v) is 4.26. The van der Waals surface area contributed by atoms with E-state index in [9.17, 15) is 0 Å². The Bertz CT molecular complexity index is 590. The fourth-order valence-electron chi connectivity index (χ4n) is 1.62. The Kier molecular flexibility index (Phi) is 4.83. The molecule has 0 saturated heterocycles. The van der Waals surface area contributed by atoms with Gasteiger partial charge in [0, 0.05) is 6.20 Å². The van der Waals surface area contributed by atoms with E-state index in [2.05, 4.69) is 20.5 Å². The molecule has 1 aromatic heterocycles. The Labute approximate surface area is 118 Å². The van der Waals surface area contributed by atoms with Crippen molar-refractivity contribution in [3.05, 3.63) is 66.0 Å². The molecule has 0 atom stereocenters. The Morgan fingerprint density at radius 1 is 1.20 bits per heavy atom. The molecule has 0 aliphatic heterocycles. The first-order valence-corrected chi connectivity index (χ1v) is 6.37. The van der Waals surface area contributed by atoms with E-state index in [-0.39, 0.29) is 0 Å². The SMILES string of the molecule is C/C(=N/NC(N)=[NH+]Cc1ccccn1)c1ccccc1. The van der Waals surface area contributed by atoms with Crippen LogP contribution in [-0.2, 0) is 6.54 Å². The van der Waals surface area contributed by atoms with E-state index in [1.165, 1.54) is 0 Å². The zero-order chi connectivity index (χ0) is 14.2. The minimum atomic E-state index is 0.394. The van der Waals surface area contributed by atoms with Gasteiger partial charge in [-0.1, -0.05) is 36.4 Å². The second kappa shape index (κ2) is 7.04. The van der Waals surface area contributed by atoms with Crippen molar-refractivity contribution in [1.82, 2.24) is 10.4 Å². The van der Waals surface area contributed by atoms with Crippen molar-refractivity contribution in [1.29, 1.82) is 0 Å². The molecule has 0 unspecified atom stereocenters. The van der Waals surface area contributed by atoms with Crippen LogP contribution >= 0.6 is 0 Å². The third kappa shape index (κ3) is 4.20. The number of benzene rings is 1. The second-order valence-electron chi connectivity index (χ2n) is 4.26. The summed E-state index contributed by atoms with van der Waals surface area (Å²) < 4.78 is 0. The van der Waals surface area contributed by atoms with Crippen LogP contribution in [0.5, 0.6) is 0 Å². The standard InChI is InChI=1S/C15H17N5/c1-12(13-7-3-2-4-8-13)19-20-15(16)18-11-14-9-5-6-10-17-14/h2-10H,11H2,1H3,(H3,16,18,20)/p+1/b19-12-. The van der Waals surface area contributed by atoms with E-state index < -0.39 is 0 Å². The monoisotopic (exact) mass is 268 g/mol. The van der Waals surface area contributed by atoms with Gasteiger partial charge in [0.2, 0.25) is 0 Å². The summed E-state index contributed by atoms with van der Waals surface area (Å²) in [7, 11) is 0. The van der Waals surface area contributed by atoms with Crippen LogP contribution in [0.3, 0.4) is 0 Å². The molecular formula is C15H18N5+. The number of rotatable bonds is 4. The van der Waals surface area contributed by atoms with E-state index in [4.69, 9.17) is 5.73 Å². The Balaban J connectivity index is 1.93. The Morgan fingerprint density at radius 3 is 2.65 bits per heavy atom. The van der Waals surface area contributed by atoms with Crippen molar-refractivity contribution in [2.24, 2.45) is 10.8 Å². The number of hydrogen-bond acceptors (Lipinski definition) is 2. The Hall–Kier alpha value is -2.69. The maximum Gasteiger partial charge on any atom is 0.365 e. The molecule has 4 N–H and O–H groups in total. The van der Waals surface area contributed by atoms with Gasteiger partial charge in [-0.2, -0.15) is 5.43 Å². The molecule has 0 aliphatic carbocycles. The Morgan fingerprint density at radius 2 is 1.95 bits per heavy atom. The molecule has 1 heterocycles. The number of hydrazone groups is 1. The van der Waals surface area contributed by atoms with Gasteiger partial charge in [0.15, 0.2) is 0 Å². The molecule has 0 spiro atoms. The van der Waals surface area contributed by atoms with Gasteiger partial charge in [0.1, 0.15) is 6.54 Å². The van der Waals surface area contributed by atoms with E-state index >= 15 is 0 Å². The van der Waals surface area contributed by atoms with Crippen LogP contribution in [0, 0.1) is 0 Å². The van der Waals surface area contributed by atoms with Crippen LogP contribution < -0.4 is 16.2 Å². The number of guanidine groups is 1. The molecule has 0 fully saturated rings. The normalized spacial score (nSPS) is 12.2. The van der Waals surface area contributed by atoms with E-state index in [0.29, 0.717) is 12.5 Å². The van der Waals surface area contributed by atoms with Crippen molar-refractivity contribution in [3.63, 3.8) is 0 Å². The average molecular weight is 268 g/mol. The molecule has 2 aromatic rings. The molecule has 0 aliphatic rings. The summed E-state index contributed by atoms with van der Waals surface area (Å²) >= 11 is 0. The third-order valence-electron chi connectivity index (χ3n) is 2.72. The maximum atomic E-state index is 5.81. The number of nitrogens with two attached hydrogens (primary N) is 1. The van der Waals surface area contributed by atoms with E-state index in [1.54, 1.807) is 6.20 Å². The zero-order valence-electron chi connectivity index (χ0n) is 11.4. The van der Waals surface area contributed by atoms with Crippen LogP contribution in [0.25, 0.3) is 0 Å². The summed E-state index contributed by atoms with van der Waals surface area (Å²) in [6.07, 6.45) is 1.75. The van der Waals surface area contributed by atoms with Crippen molar-refractivity contribution in [2.75, 3.05) is 0 Å². The van der Waals surface area contributed by atoms with Crippen molar-refractivity contribution >= 4 is 11.7 Å². The number of hydrogen-bond donors (Lipinski definition) is 3. The molecular weight excluding hydrogens is 250 g/mol. The fraction of sp³-hybridized carbons (Fsp3) is 0.133. The molecule has 2 rings (SSSR count). The lowest BCUT2D eigenvalue weighted by Crippen LogP contribution is -2.76. The molecule has 0 bridgehead atoms. The predicted octanol–water partition coefficient (Wildman–Crippen LogP) is -0.00930. The lowest BCUT2D eigenvalue weighted by Gasteiger charge is -1.99. The van der Waals surface area contributed by atoms with Crippen LogP contribution in [0.15, 0.2) is 59.8 Å². The first-order valence-electron chi connectivity index (χ1n) is 6.37. The highest BCUT2D eigenvalue weighted by Gasteiger charge is 2.00. The minimum absolute atomic E-state index is 0.394. The average Bonchev–Trinajstić information content (AvgIpc) is 2.52. The smallest absolute Gasteiger partial charge is 0.289 e. The largest absolute Gasteiger partial charge is 0.365 e. The highest BCUT2D eigenvalue weighted by molar-refractivity contribution is 5.99. The number of nitrogens with zero attached hydrogens (tertiary/aromatic N) is 2. The van der Waals surface area contributed by atoms with Crippen LogP contribution in [0.4, 0.5) is 0 Å².